The Balaban J connectivity index is 1.44. The number of nitrogens with zero attached hydrogens (tertiary/aromatic N) is 3. The third-order valence-corrected chi connectivity index (χ3v) is 5.37. The van der Waals surface area contributed by atoms with E-state index < -0.39 is 5.25 Å². The molecule has 8 nitrogen and oxygen atoms in total. The number of anilines is 2. The van der Waals surface area contributed by atoms with Crippen LogP contribution in [0.15, 0.2) is 47.2 Å². The van der Waals surface area contributed by atoms with Crippen LogP contribution in [0.3, 0.4) is 0 Å². The van der Waals surface area contributed by atoms with Crippen LogP contribution in [0.1, 0.15) is 24.1 Å². The number of imidazole rings is 1. The number of hydrogen-bond donors (Lipinski definition) is 2. The summed E-state index contributed by atoms with van der Waals surface area (Å²) in [5.41, 5.74) is 1.84. The number of rotatable bonds is 8. The van der Waals surface area contributed by atoms with Crippen molar-refractivity contribution in [2.24, 2.45) is 0 Å². The third-order valence-electron chi connectivity index (χ3n) is 4.23. The molecule has 0 aliphatic rings. The quantitative estimate of drug-likeness (QED) is 0.588. The predicted octanol–water partition coefficient (Wildman–Crippen LogP) is 3.24. The lowest BCUT2D eigenvalue weighted by Crippen LogP contribution is -2.25. The Morgan fingerprint density at radius 2 is 1.97 bits per heavy atom. The number of carbonyl (C=O) groups excluding carboxylic acids is 2. The average Bonchev–Trinajstić information content (AvgIpc) is 3.29. The lowest BCUT2D eigenvalue weighted by molar-refractivity contribution is -0.115. The minimum Gasteiger partial charge on any atom is -0.360 e. The molecule has 2 amide bonds. The van der Waals surface area contributed by atoms with Gasteiger partial charge in [0.2, 0.25) is 11.8 Å². The molecule has 1 unspecified atom stereocenters. The van der Waals surface area contributed by atoms with Crippen LogP contribution in [0, 0.1) is 13.8 Å². The fourth-order valence-electron chi connectivity index (χ4n) is 2.59. The number of aromatic nitrogens is 3. The Kier molecular flexibility index (Phi) is 6.71. The molecule has 2 N–H and O–H groups in total. The van der Waals surface area contributed by atoms with Crippen molar-refractivity contribution < 1.29 is 14.1 Å². The second-order valence-electron chi connectivity index (χ2n) is 6.61. The summed E-state index contributed by atoms with van der Waals surface area (Å²) in [7, 11) is 0. The highest BCUT2D eigenvalue weighted by atomic mass is 32.2. The molecule has 3 aromatic rings. The maximum atomic E-state index is 12.2. The van der Waals surface area contributed by atoms with Crippen LogP contribution in [-0.4, -0.2) is 37.5 Å². The van der Waals surface area contributed by atoms with Crippen LogP contribution in [-0.2, 0) is 16.1 Å². The second kappa shape index (κ2) is 9.42. The summed E-state index contributed by atoms with van der Waals surface area (Å²) in [6.07, 6.45) is 3.71. The van der Waals surface area contributed by atoms with Crippen molar-refractivity contribution in [3.05, 3.63) is 59.9 Å². The van der Waals surface area contributed by atoms with E-state index in [2.05, 4.69) is 25.3 Å². The normalized spacial score (nSPS) is 11.8. The van der Waals surface area contributed by atoms with Gasteiger partial charge in [-0.3, -0.25) is 9.59 Å². The molecule has 2 heterocycles. The molecule has 0 bridgehead atoms. The largest absolute Gasteiger partial charge is 0.360 e. The van der Waals surface area contributed by atoms with Gasteiger partial charge in [0.1, 0.15) is 11.6 Å². The van der Waals surface area contributed by atoms with Gasteiger partial charge in [0.25, 0.3) is 0 Å². The van der Waals surface area contributed by atoms with Gasteiger partial charge in [0, 0.05) is 30.7 Å². The summed E-state index contributed by atoms with van der Waals surface area (Å²) in [6.45, 7) is 6.18. The molecule has 9 heteroatoms. The first-order valence-electron chi connectivity index (χ1n) is 9.13. The van der Waals surface area contributed by atoms with Crippen molar-refractivity contribution in [1.29, 1.82) is 0 Å². The highest BCUT2D eigenvalue weighted by molar-refractivity contribution is 8.01. The maximum Gasteiger partial charge on any atom is 0.238 e. The standard InChI is InChI=1S/C20H23N5O3S/c1-13-10-18(24-28-13)23-20(27)14(2)29-12-19(26)22-17-6-4-16(5-7-17)11-25-9-8-21-15(25)3/h4-10,14H,11-12H2,1-3H3,(H,22,26)(H,23,24,27). The zero-order valence-electron chi connectivity index (χ0n) is 16.5. The highest BCUT2D eigenvalue weighted by Crippen LogP contribution is 2.16. The lowest BCUT2D eigenvalue weighted by atomic mass is 10.2. The summed E-state index contributed by atoms with van der Waals surface area (Å²) >= 11 is 1.25. The molecule has 3 rings (SSSR count). The van der Waals surface area contributed by atoms with Crippen LogP contribution in [0.5, 0.6) is 0 Å². The summed E-state index contributed by atoms with van der Waals surface area (Å²) in [6, 6.07) is 9.32. The lowest BCUT2D eigenvalue weighted by Gasteiger charge is -2.11. The minimum atomic E-state index is -0.404. The fraction of sp³-hybridized carbons (Fsp3) is 0.300. The van der Waals surface area contributed by atoms with E-state index in [0.717, 1.165) is 23.6 Å². The van der Waals surface area contributed by atoms with E-state index in [1.807, 2.05) is 37.4 Å². The van der Waals surface area contributed by atoms with Gasteiger partial charge in [-0.15, -0.1) is 11.8 Å². The van der Waals surface area contributed by atoms with E-state index in [4.69, 9.17) is 4.52 Å². The smallest absolute Gasteiger partial charge is 0.238 e. The van der Waals surface area contributed by atoms with E-state index in [-0.39, 0.29) is 17.6 Å². The molecule has 0 spiro atoms. The van der Waals surface area contributed by atoms with Crippen LogP contribution in [0.25, 0.3) is 0 Å². The first kappa shape index (κ1) is 20.7. The molecule has 2 aromatic heterocycles. The Morgan fingerprint density at radius 1 is 1.21 bits per heavy atom. The summed E-state index contributed by atoms with van der Waals surface area (Å²) in [5, 5.41) is 8.83. The molecule has 0 radical (unpaired) electrons. The van der Waals surface area contributed by atoms with Crippen molar-refractivity contribution >= 4 is 35.1 Å². The van der Waals surface area contributed by atoms with Gasteiger partial charge in [-0.2, -0.15) is 0 Å². The second-order valence-corrected chi connectivity index (χ2v) is 7.94. The number of hydrogen-bond acceptors (Lipinski definition) is 6. The van der Waals surface area contributed by atoms with E-state index in [9.17, 15) is 9.59 Å². The van der Waals surface area contributed by atoms with Crippen molar-refractivity contribution in [2.45, 2.75) is 32.6 Å². The van der Waals surface area contributed by atoms with Gasteiger partial charge < -0.3 is 19.7 Å². The van der Waals surface area contributed by atoms with Crippen molar-refractivity contribution in [1.82, 2.24) is 14.7 Å². The van der Waals surface area contributed by atoms with Crippen LogP contribution in [0.4, 0.5) is 11.5 Å². The van der Waals surface area contributed by atoms with E-state index >= 15 is 0 Å². The number of nitrogens with one attached hydrogen (secondary N) is 2. The van der Waals surface area contributed by atoms with Gasteiger partial charge in [0.15, 0.2) is 5.82 Å². The van der Waals surface area contributed by atoms with Crippen molar-refractivity contribution in [2.75, 3.05) is 16.4 Å². The molecule has 0 aliphatic heterocycles. The first-order valence-corrected chi connectivity index (χ1v) is 10.2. The minimum absolute atomic E-state index is 0.162. The highest BCUT2D eigenvalue weighted by Gasteiger charge is 2.17. The number of amides is 2. The van der Waals surface area contributed by atoms with Gasteiger partial charge in [0.05, 0.1) is 11.0 Å². The monoisotopic (exact) mass is 413 g/mol. The molecule has 152 valence electrons. The Labute approximate surface area is 173 Å². The zero-order valence-corrected chi connectivity index (χ0v) is 17.3. The molecule has 0 saturated heterocycles. The molecular weight excluding hydrogens is 390 g/mol. The maximum absolute atomic E-state index is 12.2. The molecular formula is C20H23N5O3S. The van der Waals surface area contributed by atoms with Gasteiger partial charge in [-0.05, 0) is 38.5 Å². The zero-order chi connectivity index (χ0) is 20.8. The molecule has 0 aliphatic carbocycles. The number of thioether (sulfide) groups is 1. The summed E-state index contributed by atoms with van der Waals surface area (Å²) < 4.78 is 6.97. The van der Waals surface area contributed by atoms with Gasteiger partial charge in [-0.25, -0.2) is 4.98 Å². The number of benzene rings is 1. The molecule has 0 fully saturated rings. The SMILES string of the molecule is Cc1cc(NC(=O)C(C)SCC(=O)Nc2ccc(Cn3ccnc3C)cc2)no1. The number of aryl methyl sites for hydroxylation is 2. The van der Waals surface area contributed by atoms with E-state index in [1.165, 1.54) is 11.8 Å². The van der Waals surface area contributed by atoms with E-state index in [1.54, 1.807) is 26.1 Å². The van der Waals surface area contributed by atoms with E-state index in [0.29, 0.717) is 11.6 Å². The average molecular weight is 414 g/mol. The number of carbonyl (C=O) groups is 2. The predicted molar refractivity (Wildman–Crippen MR) is 113 cm³/mol. The topological polar surface area (TPSA) is 102 Å². The summed E-state index contributed by atoms with van der Waals surface area (Å²) in [4.78, 5) is 28.5. The Bertz CT molecular complexity index is 980. The van der Waals surface area contributed by atoms with Gasteiger partial charge in [-0.1, -0.05) is 17.3 Å². The van der Waals surface area contributed by atoms with Crippen LogP contribution in [0.2, 0.25) is 0 Å². The third kappa shape index (κ3) is 5.95. The molecule has 1 aromatic carbocycles. The van der Waals surface area contributed by atoms with Crippen LogP contribution < -0.4 is 10.6 Å². The summed E-state index contributed by atoms with van der Waals surface area (Å²) in [5.74, 6) is 1.72. The van der Waals surface area contributed by atoms with Gasteiger partial charge >= 0.3 is 0 Å². The molecule has 1 atom stereocenters. The molecule has 0 saturated carbocycles. The van der Waals surface area contributed by atoms with Crippen molar-refractivity contribution in [3.8, 4) is 0 Å². The Hall–Kier alpha value is -3.07. The fourth-order valence-corrected chi connectivity index (χ4v) is 3.27. The van der Waals surface area contributed by atoms with Crippen LogP contribution >= 0.6 is 11.8 Å². The van der Waals surface area contributed by atoms with Crippen molar-refractivity contribution in [3.63, 3.8) is 0 Å². The first-order chi connectivity index (χ1) is 13.9. The Morgan fingerprint density at radius 3 is 2.59 bits per heavy atom. The molecule has 29 heavy (non-hydrogen) atoms.